The molecular weight excluding hydrogens is 180 g/mol. The molecule has 0 aromatic carbocycles. The summed E-state index contributed by atoms with van der Waals surface area (Å²) >= 11 is 0. The molecule has 0 radical (unpaired) electrons. The van der Waals surface area contributed by atoms with Crippen LogP contribution in [0.5, 0.6) is 0 Å². The fourth-order valence-corrected chi connectivity index (χ4v) is 1.55. The lowest BCUT2D eigenvalue weighted by atomic mass is 10.3. The first-order valence-electron chi connectivity index (χ1n) is 5.18. The van der Waals surface area contributed by atoms with Gasteiger partial charge in [-0.15, -0.1) is 0 Å². The quantitative estimate of drug-likeness (QED) is 0.760. The van der Waals surface area contributed by atoms with E-state index in [9.17, 15) is 0 Å². The van der Waals surface area contributed by atoms with Crippen LogP contribution in [0.25, 0.3) is 0 Å². The van der Waals surface area contributed by atoms with Crippen LogP contribution in [-0.4, -0.2) is 36.3 Å². The Balaban J connectivity index is 2.00. The van der Waals surface area contributed by atoms with Gasteiger partial charge < -0.3 is 14.7 Å². The van der Waals surface area contributed by atoms with E-state index in [1.807, 2.05) is 0 Å². The average Bonchev–Trinajstić information content (AvgIpc) is 2.68. The molecule has 0 spiro atoms. The first kappa shape index (κ1) is 9.45. The number of nitrogens with one attached hydrogen (secondary N) is 1. The van der Waals surface area contributed by atoms with Crippen LogP contribution in [0.1, 0.15) is 19.2 Å². The van der Waals surface area contributed by atoms with Crippen LogP contribution in [0, 0.1) is 0 Å². The summed E-state index contributed by atoms with van der Waals surface area (Å²) in [4.78, 5) is 6.47. The predicted molar refractivity (Wildman–Crippen MR) is 53.4 cm³/mol. The number of piperazine rings is 1. The number of hydrogen-bond donors (Lipinski definition) is 1. The lowest BCUT2D eigenvalue weighted by Gasteiger charge is -2.24. The fraction of sp³-hybridized carbons (Fsp3) is 0.778. The van der Waals surface area contributed by atoms with Crippen LogP contribution < -0.4 is 10.2 Å². The topological polar surface area (TPSA) is 54.2 Å². The molecule has 2 heterocycles. The molecule has 0 bridgehead atoms. The van der Waals surface area contributed by atoms with Crippen molar-refractivity contribution in [2.45, 2.75) is 19.8 Å². The molecule has 0 aliphatic carbocycles. The summed E-state index contributed by atoms with van der Waals surface area (Å²) in [5.41, 5.74) is 0. The van der Waals surface area contributed by atoms with Gasteiger partial charge in [-0.25, -0.2) is 0 Å². The molecule has 0 unspecified atom stereocenters. The highest BCUT2D eigenvalue weighted by Crippen LogP contribution is 2.11. The van der Waals surface area contributed by atoms with Crippen LogP contribution in [0.15, 0.2) is 4.52 Å². The second-order valence-electron chi connectivity index (χ2n) is 3.48. The summed E-state index contributed by atoms with van der Waals surface area (Å²) in [5.74, 6) is 0.820. The summed E-state index contributed by atoms with van der Waals surface area (Å²) in [6.45, 7) is 6.00. The Morgan fingerprint density at radius 1 is 1.43 bits per heavy atom. The van der Waals surface area contributed by atoms with Gasteiger partial charge in [0.05, 0.1) is 0 Å². The van der Waals surface area contributed by atoms with Crippen molar-refractivity contribution in [2.75, 3.05) is 31.1 Å². The summed E-state index contributed by atoms with van der Waals surface area (Å²) < 4.78 is 5.19. The molecule has 1 aliphatic heterocycles. The van der Waals surface area contributed by atoms with Gasteiger partial charge in [-0.3, -0.25) is 0 Å². The molecule has 0 atom stereocenters. The monoisotopic (exact) mass is 196 g/mol. The van der Waals surface area contributed by atoms with Crippen molar-refractivity contribution in [3.63, 3.8) is 0 Å². The third kappa shape index (κ3) is 2.04. The normalized spacial score (nSPS) is 17.4. The number of hydrogen-bond acceptors (Lipinski definition) is 5. The fourth-order valence-electron chi connectivity index (χ4n) is 1.55. The van der Waals surface area contributed by atoms with Crippen LogP contribution in [0.3, 0.4) is 0 Å². The molecule has 1 saturated heterocycles. The van der Waals surface area contributed by atoms with Crippen LogP contribution >= 0.6 is 0 Å². The molecule has 1 N–H and O–H groups in total. The van der Waals surface area contributed by atoms with E-state index in [-0.39, 0.29) is 0 Å². The van der Waals surface area contributed by atoms with Crippen LogP contribution in [0.2, 0.25) is 0 Å². The lowest BCUT2D eigenvalue weighted by Crippen LogP contribution is -2.43. The van der Waals surface area contributed by atoms with Gasteiger partial charge in [-0.05, 0) is 6.42 Å². The second kappa shape index (κ2) is 4.41. The highest BCUT2D eigenvalue weighted by atomic mass is 16.5. The van der Waals surface area contributed by atoms with E-state index < -0.39 is 0 Å². The Morgan fingerprint density at radius 2 is 2.21 bits per heavy atom. The highest BCUT2D eigenvalue weighted by Gasteiger charge is 2.16. The zero-order valence-corrected chi connectivity index (χ0v) is 8.49. The predicted octanol–water partition coefficient (Wildman–Crippen LogP) is 0.432. The zero-order valence-electron chi connectivity index (χ0n) is 8.49. The number of nitrogens with zero attached hydrogens (tertiary/aromatic N) is 3. The van der Waals surface area contributed by atoms with E-state index in [0.29, 0.717) is 6.01 Å². The minimum absolute atomic E-state index is 0.676. The number of anilines is 1. The van der Waals surface area contributed by atoms with Crippen molar-refractivity contribution < 1.29 is 4.52 Å². The van der Waals surface area contributed by atoms with E-state index in [4.69, 9.17) is 4.52 Å². The van der Waals surface area contributed by atoms with E-state index in [1.54, 1.807) is 0 Å². The van der Waals surface area contributed by atoms with Gasteiger partial charge in [0.1, 0.15) is 0 Å². The maximum absolute atomic E-state index is 5.19. The van der Waals surface area contributed by atoms with Crippen molar-refractivity contribution in [2.24, 2.45) is 0 Å². The smallest absolute Gasteiger partial charge is 0.322 e. The van der Waals surface area contributed by atoms with Gasteiger partial charge in [0.15, 0.2) is 5.82 Å². The minimum Gasteiger partial charge on any atom is -0.322 e. The van der Waals surface area contributed by atoms with E-state index in [1.165, 1.54) is 0 Å². The summed E-state index contributed by atoms with van der Waals surface area (Å²) in [7, 11) is 0. The van der Waals surface area contributed by atoms with Crippen molar-refractivity contribution in [1.29, 1.82) is 0 Å². The highest BCUT2D eigenvalue weighted by molar-refractivity contribution is 5.25. The van der Waals surface area contributed by atoms with E-state index in [0.717, 1.165) is 44.8 Å². The molecule has 1 aromatic rings. The molecule has 1 aromatic heterocycles. The van der Waals surface area contributed by atoms with Crippen molar-refractivity contribution in [3.8, 4) is 0 Å². The molecule has 0 amide bonds. The Kier molecular flexibility index (Phi) is 2.98. The van der Waals surface area contributed by atoms with Crippen LogP contribution in [0.4, 0.5) is 6.01 Å². The molecule has 0 saturated carbocycles. The van der Waals surface area contributed by atoms with E-state index >= 15 is 0 Å². The standard InChI is InChI=1S/C9H16N4O/c1-2-3-8-11-9(14-12-8)13-6-4-10-5-7-13/h10H,2-7H2,1H3. The Labute approximate surface area is 83.5 Å². The molecule has 14 heavy (non-hydrogen) atoms. The number of rotatable bonds is 3. The molecule has 78 valence electrons. The number of aryl methyl sites for hydroxylation is 1. The SMILES string of the molecule is CCCc1noc(N2CCNCC2)n1. The maximum atomic E-state index is 5.19. The van der Waals surface area contributed by atoms with Crippen molar-refractivity contribution in [3.05, 3.63) is 5.82 Å². The van der Waals surface area contributed by atoms with Gasteiger partial charge in [0.2, 0.25) is 0 Å². The van der Waals surface area contributed by atoms with Crippen LogP contribution in [-0.2, 0) is 6.42 Å². The van der Waals surface area contributed by atoms with E-state index in [2.05, 4.69) is 27.3 Å². The molecule has 1 fully saturated rings. The summed E-state index contributed by atoms with van der Waals surface area (Å²) in [6, 6.07) is 0.676. The largest absolute Gasteiger partial charge is 0.324 e. The number of aromatic nitrogens is 2. The summed E-state index contributed by atoms with van der Waals surface area (Å²) in [5, 5.41) is 7.22. The average molecular weight is 196 g/mol. The first-order chi connectivity index (χ1) is 6.90. The molecule has 5 heteroatoms. The third-order valence-electron chi connectivity index (χ3n) is 2.32. The third-order valence-corrected chi connectivity index (χ3v) is 2.32. The van der Waals surface area contributed by atoms with Gasteiger partial charge in [0.25, 0.3) is 0 Å². The minimum atomic E-state index is 0.676. The lowest BCUT2D eigenvalue weighted by molar-refractivity contribution is 0.398. The summed E-state index contributed by atoms with van der Waals surface area (Å²) in [6.07, 6.45) is 1.95. The maximum Gasteiger partial charge on any atom is 0.324 e. The van der Waals surface area contributed by atoms with Crippen molar-refractivity contribution in [1.82, 2.24) is 15.5 Å². The van der Waals surface area contributed by atoms with Crippen molar-refractivity contribution >= 4 is 6.01 Å². The Bertz CT molecular complexity index is 280. The van der Waals surface area contributed by atoms with Gasteiger partial charge in [-0.1, -0.05) is 12.1 Å². The van der Waals surface area contributed by atoms with Gasteiger partial charge in [-0.2, -0.15) is 4.98 Å². The Morgan fingerprint density at radius 3 is 2.93 bits per heavy atom. The molecular formula is C9H16N4O. The molecule has 2 rings (SSSR count). The zero-order chi connectivity index (χ0) is 9.80. The Hall–Kier alpha value is -1.10. The molecule has 1 aliphatic rings. The first-order valence-corrected chi connectivity index (χ1v) is 5.18. The molecule has 5 nitrogen and oxygen atoms in total. The van der Waals surface area contributed by atoms with Gasteiger partial charge >= 0.3 is 6.01 Å². The van der Waals surface area contributed by atoms with Gasteiger partial charge in [0, 0.05) is 32.6 Å². The second-order valence-corrected chi connectivity index (χ2v) is 3.48.